The van der Waals surface area contributed by atoms with E-state index in [0.29, 0.717) is 19.7 Å². The molecule has 20 heavy (non-hydrogen) atoms. The van der Waals surface area contributed by atoms with E-state index in [1.807, 2.05) is 12.3 Å². The summed E-state index contributed by atoms with van der Waals surface area (Å²) in [5.41, 5.74) is 0.961. The Hall–Kier alpha value is -1.02. The van der Waals surface area contributed by atoms with E-state index in [4.69, 9.17) is 9.84 Å². The number of aromatic nitrogens is 1. The van der Waals surface area contributed by atoms with Crippen LogP contribution in [0.2, 0.25) is 0 Å². The van der Waals surface area contributed by atoms with Crippen LogP contribution in [0.4, 0.5) is 5.13 Å². The maximum absolute atomic E-state index is 11.5. The molecule has 2 rings (SSSR count). The standard InChI is InChI=1S/C13H21N3O3S/c1-3-16(10(2)18)13-14-11(9-20-13)6-15-4-5-19-12(7-15)8-17/h9,12,17H,3-8H2,1-2H3. The van der Waals surface area contributed by atoms with Gasteiger partial charge in [-0.2, -0.15) is 0 Å². The molecule has 1 aromatic heterocycles. The molecular formula is C13H21N3O3S. The summed E-state index contributed by atoms with van der Waals surface area (Å²) >= 11 is 1.49. The molecule has 1 N–H and O–H groups in total. The molecule has 0 spiro atoms. The number of carbonyl (C=O) groups excluding carboxylic acids is 1. The highest BCUT2D eigenvalue weighted by Crippen LogP contribution is 2.22. The minimum atomic E-state index is -0.105. The normalized spacial score (nSPS) is 20.1. The third-order valence-electron chi connectivity index (χ3n) is 3.28. The van der Waals surface area contributed by atoms with E-state index in [1.165, 1.54) is 11.3 Å². The molecule has 1 aromatic rings. The van der Waals surface area contributed by atoms with E-state index in [9.17, 15) is 4.79 Å². The maximum Gasteiger partial charge on any atom is 0.225 e. The summed E-state index contributed by atoms with van der Waals surface area (Å²) < 4.78 is 5.42. The molecule has 7 heteroatoms. The number of rotatable bonds is 5. The van der Waals surface area contributed by atoms with Gasteiger partial charge in [0.25, 0.3) is 0 Å². The second-order valence-corrected chi connectivity index (χ2v) is 5.63. The lowest BCUT2D eigenvalue weighted by Gasteiger charge is -2.31. The van der Waals surface area contributed by atoms with Crippen molar-refractivity contribution in [2.24, 2.45) is 0 Å². The highest BCUT2D eigenvalue weighted by atomic mass is 32.1. The Labute approximate surface area is 123 Å². The summed E-state index contributed by atoms with van der Waals surface area (Å²) in [6, 6.07) is 0. The zero-order valence-corrected chi connectivity index (χ0v) is 12.7. The number of carbonyl (C=O) groups is 1. The number of hydrogen-bond donors (Lipinski definition) is 1. The zero-order valence-electron chi connectivity index (χ0n) is 11.9. The third-order valence-corrected chi connectivity index (χ3v) is 4.19. The Morgan fingerprint density at radius 1 is 1.70 bits per heavy atom. The summed E-state index contributed by atoms with van der Waals surface area (Å²) in [6.45, 7) is 7.09. The smallest absolute Gasteiger partial charge is 0.225 e. The van der Waals surface area contributed by atoms with E-state index in [0.717, 1.165) is 23.9 Å². The number of morpholine rings is 1. The molecule has 6 nitrogen and oxygen atoms in total. The molecule has 112 valence electrons. The molecule has 0 bridgehead atoms. The maximum atomic E-state index is 11.5. The topological polar surface area (TPSA) is 65.9 Å². The van der Waals surface area contributed by atoms with Crippen LogP contribution in [0.5, 0.6) is 0 Å². The minimum absolute atomic E-state index is 0.0140. The minimum Gasteiger partial charge on any atom is -0.394 e. The lowest BCUT2D eigenvalue weighted by atomic mass is 10.2. The van der Waals surface area contributed by atoms with E-state index >= 15 is 0 Å². The van der Waals surface area contributed by atoms with E-state index in [1.54, 1.807) is 11.8 Å². The Kier molecular flexibility index (Phi) is 5.47. The molecule has 2 heterocycles. The lowest BCUT2D eigenvalue weighted by molar-refractivity contribution is -0.116. The average Bonchev–Trinajstić information content (AvgIpc) is 2.87. The molecule has 0 saturated carbocycles. The zero-order chi connectivity index (χ0) is 14.5. The second kappa shape index (κ2) is 7.12. The Bertz CT molecular complexity index is 452. The number of thiazole rings is 1. The molecule has 1 unspecified atom stereocenters. The van der Waals surface area contributed by atoms with Gasteiger partial charge in [-0.15, -0.1) is 11.3 Å². The molecule has 1 aliphatic heterocycles. The number of amides is 1. The SMILES string of the molecule is CCN(C(C)=O)c1nc(CN2CCOC(CO)C2)cs1. The van der Waals surface area contributed by atoms with Gasteiger partial charge in [0.15, 0.2) is 5.13 Å². The Morgan fingerprint density at radius 3 is 3.15 bits per heavy atom. The fourth-order valence-corrected chi connectivity index (χ4v) is 3.17. The van der Waals surface area contributed by atoms with Crippen LogP contribution in [-0.4, -0.2) is 59.8 Å². The summed E-state index contributed by atoms with van der Waals surface area (Å²) in [4.78, 5) is 19.9. The summed E-state index contributed by atoms with van der Waals surface area (Å²) in [5, 5.41) is 11.9. The number of aliphatic hydroxyl groups is 1. The molecule has 0 radical (unpaired) electrons. The van der Waals surface area contributed by atoms with Crippen molar-refractivity contribution in [3.63, 3.8) is 0 Å². The molecule has 1 fully saturated rings. The first kappa shape index (κ1) is 15.4. The molecule has 1 saturated heterocycles. The fourth-order valence-electron chi connectivity index (χ4n) is 2.25. The molecule has 1 aliphatic rings. The van der Waals surface area contributed by atoms with Gasteiger partial charge in [0.2, 0.25) is 5.91 Å². The highest BCUT2D eigenvalue weighted by molar-refractivity contribution is 7.14. The van der Waals surface area contributed by atoms with Gasteiger partial charge in [-0.05, 0) is 6.92 Å². The van der Waals surface area contributed by atoms with E-state index < -0.39 is 0 Å². The van der Waals surface area contributed by atoms with Crippen molar-refractivity contribution in [3.05, 3.63) is 11.1 Å². The first-order valence-corrected chi connectivity index (χ1v) is 7.69. The van der Waals surface area contributed by atoms with Crippen molar-refractivity contribution in [1.82, 2.24) is 9.88 Å². The van der Waals surface area contributed by atoms with Crippen molar-refractivity contribution in [2.75, 3.05) is 37.7 Å². The van der Waals surface area contributed by atoms with Gasteiger partial charge < -0.3 is 9.84 Å². The van der Waals surface area contributed by atoms with Crippen LogP contribution in [0.15, 0.2) is 5.38 Å². The number of aliphatic hydroxyl groups excluding tert-OH is 1. The van der Waals surface area contributed by atoms with E-state index in [-0.39, 0.29) is 18.6 Å². The molecule has 0 aromatic carbocycles. The van der Waals surface area contributed by atoms with Crippen LogP contribution in [-0.2, 0) is 16.1 Å². The molecule has 0 aliphatic carbocycles. The fraction of sp³-hybridized carbons (Fsp3) is 0.692. The number of nitrogens with zero attached hydrogens (tertiary/aromatic N) is 3. The van der Waals surface area contributed by atoms with Gasteiger partial charge in [-0.3, -0.25) is 14.6 Å². The first-order valence-electron chi connectivity index (χ1n) is 6.81. The quantitative estimate of drug-likeness (QED) is 0.867. The monoisotopic (exact) mass is 299 g/mol. The van der Waals surface area contributed by atoms with Gasteiger partial charge in [0, 0.05) is 38.5 Å². The largest absolute Gasteiger partial charge is 0.394 e. The first-order chi connectivity index (χ1) is 9.63. The van der Waals surface area contributed by atoms with Crippen LogP contribution in [0.25, 0.3) is 0 Å². The predicted octanol–water partition coefficient (Wildman–Crippen LogP) is 0.709. The van der Waals surface area contributed by atoms with Crippen molar-refractivity contribution in [3.8, 4) is 0 Å². The lowest BCUT2D eigenvalue weighted by Crippen LogP contribution is -2.43. The molecular weight excluding hydrogens is 278 g/mol. The van der Waals surface area contributed by atoms with Crippen LogP contribution < -0.4 is 4.90 Å². The Balaban J connectivity index is 1.97. The van der Waals surface area contributed by atoms with Crippen molar-refractivity contribution < 1.29 is 14.6 Å². The van der Waals surface area contributed by atoms with E-state index in [2.05, 4.69) is 9.88 Å². The van der Waals surface area contributed by atoms with Gasteiger partial charge in [-0.1, -0.05) is 0 Å². The van der Waals surface area contributed by atoms with Crippen molar-refractivity contribution in [1.29, 1.82) is 0 Å². The van der Waals surface area contributed by atoms with Crippen LogP contribution in [0.3, 0.4) is 0 Å². The molecule has 1 atom stereocenters. The summed E-state index contributed by atoms with van der Waals surface area (Å²) in [5.74, 6) is 0.0140. The van der Waals surface area contributed by atoms with Crippen molar-refractivity contribution >= 4 is 22.4 Å². The van der Waals surface area contributed by atoms with Gasteiger partial charge in [-0.25, -0.2) is 4.98 Å². The van der Waals surface area contributed by atoms with Crippen molar-refractivity contribution in [2.45, 2.75) is 26.5 Å². The van der Waals surface area contributed by atoms with Gasteiger partial charge in [0.1, 0.15) is 0 Å². The number of anilines is 1. The summed E-state index contributed by atoms with van der Waals surface area (Å²) in [7, 11) is 0. The van der Waals surface area contributed by atoms with Gasteiger partial charge in [0.05, 0.1) is 25.0 Å². The number of ether oxygens (including phenoxy) is 1. The molecule has 1 amide bonds. The second-order valence-electron chi connectivity index (χ2n) is 4.80. The Morgan fingerprint density at radius 2 is 2.50 bits per heavy atom. The predicted molar refractivity (Wildman–Crippen MR) is 77.9 cm³/mol. The third kappa shape index (κ3) is 3.76. The van der Waals surface area contributed by atoms with Crippen LogP contribution in [0, 0.1) is 0 Å². The highest BCUT2D eigenvalue weighted by Gasteiger charge is 2.21. The van der Waals surface area contributed by atoms with Crippen LogP contribution >= 0.6 is 11.3 Å². The average molecular weight is 299 g/mol. The van der Waals surface area contributed by atoms with Gasteiger partial charge >= 0.3 is 0 Å². The summed E-state index contributed by atoms with van der Waals surface area (Å²) in [6.07, 6.45) is -0.105. The number of hydrogen-bond acceptors (Lipinski definition) is 6. The van der Waals surface area contributed by atoms with Crippen LogP contribution in [0.1, 0.15) is 19.5 Å².